The first kappa shape index (κ1) is 14.0. The average molecular weight is 227 g/mol. The highest BCUT2D eigenvalue weighted by Crippen LogP contribution is 2.33. The normalized spacial score (nSPS) is 25.3. The van der Waals surface area contributed by atoms with Crippen molar-refractivity contribution in [3.63, 3.8) is 0 Å². The largest absolute Gasteiger partial charge is 0.396 e. The molecule has 1 unspecified atom stereocenters. The highest BCUT2D eigenvalue weighted by molar-refractivity contribution is 4.79. The van der Waals surface area contributed by atoms with Gasteiger partial charge in [0, 0.05) is 12.6 Å². The molecular weight excluding hydrogens is 198 g/mol. The number of hydrogen-bond acceptors (Lipinski definition) is 2. The zero-order valence-corrected chi connectivity index (χ0v) is 11.1. The summed E-state index contributed by atoms with van der Waals surface area (Å²) in [6, 6.07) is 0.746. The Morgan fingerprint density at radius 2 is 1.94 bits per heavy atom. The lowest BCUT2D eigenvalue weighted by molar-refractivity contribution is 0.281. The first-order valence-electron chi connectivity index (χ1n) is 6.98. The maximum Gasteiger partial charge on any atom is 0.0431 e. The monoisotopic (exact) mass is 227 g/mol. The van der Waals surface area contributed by atoms with Crippen molar-refractivity contribution in [1.82, 2.24) is 5.32 Å². The molecule has 1 fully saturated rings. The van der Waals surface area contributed by atoms with Crippen molar-refractivity contribution in [3.8, 4) is 0 Å². The molecule has 0 spiro atoms. The van der Waals surface area contributed by atoms with E-state index in [4.69, 9.17) is 5.11 Å². The number of rotatable bonds is 6. The van der Waals surface area contributed by atoms with Gasteiger partial charge in [-0.2, -0.15) is 0 Å². The van der Waals surface area contributed by atoms with Crippen LogP contribution in [-0.4, -0.2) is 24.3 Å². The van der Waals surface area contributed by atoms with Gasteiger partial charge in [0.15, 0.2) is 0 Å². The molecule has 1 rings (SSSR count). The van der Waals surface area contributed by atoms with Crippen LogP contribution in [-0.2, 0) is 0 Å². The van der Waals surface area contributed by atoms with E-state index in [0.717, 1.165) is 25.4 Å². The van der Waals surface area contributed by atoms with Crippen LogP contribution in [0.5, 0.6) is 0 Å². The van der Waals surface area contributed by atoms with Crippen molar-refractivity contribution < 1.29 is 5.11 Å². The van der Waals surface area contributed by atoms with E-state index in [1.165, 1.54) is 38.5 Å². The average Bonchev–Trinajstić information content (AvgIpc) is 2.40. The molecule has 1 saturated carbocycles. The van der Waals surface area contributed by atoms with Crippen molar-refractivity contribution >= 4 is 0 Å². The van der Waals surface area contributed by atoms with E-state index in [0.29, 0.717) is 12.0 Å². The first-order chi connectivity index (χ1) is 7.64. The lowest BCUT2D eigenvalue weighted by Gasteiger charge is -2.22. The summed E-state index contributed by atoms with van der Waals surface area (Å²) in [5, 5.41) is 12.4. The molecule has 0 heterocycles. The van der Waals surface area contributed by atoms with Gasteiger partial charge in [-0.25, -0.2) is 0 Å². The van der Waals surface area contributed by atoms with Gasteiger partial charge >= 0.3 is 0 Å². The number of aliphatic hydroxyl groups excluding tert-OH is 1. The third-order valence-corrected chi connectivity index (χ3v) is 3.84. The van der Waals surface area contributed by atoms with Gasteiger partial charge in [-0.1, -0.05) is 20.3 Å². The molecule has 96 valence electrons. The minimum atomic E-state index is 0.345. The van der Waals surface area contributed by atoms with Crippen LogP contribution >= 0.6 is 0 Å². The molecular formula is C14H29NO. The first-order valence-corrected chi connectivity index (χ1v) is 6.98. The van der Waals surface area contributed by atoms with Crippen LogP contribution in [0.4, 0.5) is 0 Å². The third-order valence-electron chi connectivity index (χ3n) is 3.84. The molecule has 1 aliphatic rings. The molecule has 2 heteroatoms. The fourth-order valence-corrected chi connectivity index (χ4v) is 2.59. The Morgan fingerprint density at radius 1 is 1.12 bits per heavy atom. The maximum absolute atomic E-state index is 8.69. The summed E-state index contributed by atoms with van der Waals surface area (Å²) in [6.07, 6.45) is 10.1. The zero-order valence-electron chi connectivity index (χ0n) is 11.1. The molecule has 0 aromatic heterocycles. The Labute approximate surface area is 101 Å². The molecule has 0 aromatic carbocycles. The molecule has 0 aromatic rings. The van der Waals surface area contributed by atoms with E-state index >= 15 is 0 Å². The molecule has 2 N–H and O–H groups in total. The standard InChI is InChI=1S/C14H29NO/c1-14(2)9-6-7-13(8-10-14)15-11-4-3-5-12-16/h13,15-16H,3-12H2,1-2H3. The SMILES string of the molecule is CC1(C)CCCC(NCCCCCO)CC1. The minimum absolute atomic E-state index is 0.345. The summed E-state index contributed by atoms with van der Waals surface area (Å²) in [5.41, 5.74) is 0.563. The smallest absolute Gasteiger partial charge is 0.0431 e. The van der Waals surface area contributed by atoms with Crippen molar-refractivity contribution in [2.75, 3.05) is 13.2 Å². The molecule has 16 heavy (non-hydrogen) atoms. The summed E-state index contributed by atoms with van der Waals surface area (Å²) in [5.74, 6) is 0. The summed E-state index contributed by atoms with van der Waals surface area (Å²) < 4.78 is 0. The van der Waals surface area contributed by atoms with E-state index < -0.39 is 0 Å². The van der Waals surface area contributed by atoms with Crippen molar-refractivity contribution in [3.05, 3.63) is 0 Å². The quantitative estimate of drug-likeness (QED) is 0.540. The maximum atomic E-state index is 8.69. The second-order valence-electron chi connectivity index (χ2n) is 6.03. The molecule has 1 aliphatic carbocycles. The Kier molecular flexibility index (Phi) is 6.37. The predicted octanol–water partition coefficient (Wildman–Crippen LogP) is 3.10. The summed E-state index contributed by atoms with van der Waals surface area (Å²) in [6.45, 7) is 6.27. The molecule has 2 nitrogen and oxygen atoms in total. The van der Waals surface area contributed by atoms with Crippen molar-refractivity contribution in [2.24, 2.45) is 5.41 Å². The highest BCUT2D eigenvalue weighted by Gasteiger charge is 2.23. The van der Waals surface area contributed by atoms with Gasteiger partial charge in [0.1, 0.15) is 0 Å². The van der Waals surface area contributed by atoms with Gasteiger partial charge in [-0.15, -0.1) is 0 Å². The van der Waals surface area contributed by atoms with Gasteiger partial charge in [0.2, 0.25) is 0 Å². The van der Waals surface area contributed by atoms with Crippen molar-refractivity contribution in [2.45, 2.75) is 71.3 Å². The number of hydrogen-bond donors (Lipinski definition) is 2. The lowest BCUT2D eigenvalue weighted by atomic mass is 9.85. The van der Waals surface area contributed by atoms with Crippen LogP contribution in [0, 0.1) is 5.41 Å². The van der Waals surface area contributed by atoms with Crippen LogP contribution < -0.4 is 5.32 Å². The van der Waals surface area contributed by atoms with Crippen molar-refractivity contribution in [1.29, 1.82) is 0 Å². The summed E-state index contributed by atoms with van der Waals surface area (Å²) in [7, 11) is 0. The van der Waals surface area contributed by atoms with Gasteiger partial charge < -0.3 is 10.4 Å². The molecule has 1 atom stereocenters. The van der Waals surface area contributed by atoms with Gasteiger partial charge in [-0.3, -0.25) is 0 Å². The second-order valence-corrected chi connectivity index (χ2v) is 6.03. The fourth-order valence-electron chi connectivity index (χ4n) is 2.59. The third kappa shape index (κ3) is 5.86. The fraction of sp³-hybridized carbons (Fsp3) is 1.00. The van der Waals surface area contributed by atoms with Crippen LogP contribution in [0.1, 0.15) is 65.2 Å². The minimum Gasteiger partial charge on any atom is -0.396 e. The molecule has 0 aliphatic heterocycles. The summed E-state index contributed by atoms with van der Waals surface area (Å²) in [4.78, 5) is 0. The van der Waals surface area contributed by atoms with Crippen LogP contribution in [0.3, 0.4) is 0 Å². The van der Waals surface area contributed by atoms with Crippen LogP contribution in [0.15, 0.2) is 0 Å². The number of aliphatic hydroxyl groups is 1. The summed E-state index contributed by atoms with van der Waals surface area (Å²) >= 11 is 0. The lowest BCUT2D eigenvalue weighted by Crippen LogP contribution is -2.29. The van der Waals surface area contributed by atoms with E-state index in [9.17, 15) is 0 Å². The second kappa shape index (κ2) is 7.29. The van der Waals surface area contributed by atoms with Crippen LogP contribution in [0.2, 0.25) is 0 Å². The highest BCUT2D eigenvalue weighted by atomic mass is 16.2. The Morgan fingerprint density at radius 3 is 2.69 bits per heavy atom. The van der Waals surface area contributed by atoms with E-state index in [1.54, 1.807) is 0 Å². The number of nitrogens with one attached hydrogen (secondary N) is 1. The Bertz CT molecular complexity index is 180. The molecule has 0 bridgehead atoms. The topological polar surface area (TPSA) is 32.3 Å². The molecule has 0 saturated heterocycles. The van der Waals surface area contributed by atoms with Crippen LogP contribution in [0.25, 0.3) is 0 Å². The van der Waals surface area contributed by atoms with Gasteiger partial charge in [0.05, 0.1) is 0 Å². The number of unbranched alkanes of at least 4 members (excludes halogenated alkanes) is 2. The Balaban J connectivity index is 2.08. The molecule has 0 radical (unpaired) electrons. The van der Waals surface area contributed by atoms with Gasteiger partial charge in [-0.05, 0) is 56.9 Å². The Hall–Kier alpha value is -0.0800. The van der Waals surface area contributed by atoms with Gasteiger partial charge in [0.25, 0.3) is 0 Å². The zero-order chi connectivity index (χ0) is 11.9. The molecule has 0 amide bonds. The van der Waals surface area contributed by atoms with E-state index in [2.05, 4.69) is 19.2 Å². The van der Waals surface area contributed by atoms with E-state index in [-0.39, 0.29) is 0 Å². The predicted molar refractivity (Wildman–Crippen MR) is 69.6 cm³/mol. The van der Waals surface area contributed by atoms with E-state index in [1.807, 2.05) is 0 Å².